The van der Waals surface area contributed by atoms with Crippen LogP contribution in [-0.2, 0) is 0 Å². The molecule has 4 aromatic rings. The fourth-order valence-corrected chi connectivity index (χ4v) is 3.60. The van der Waals surface area contributed by atoms with Gasteiger partial charge >= 0.3 is 0 Å². The Morgan fingerprint density at radius 1 is 0.815 bits per heavy atom. The second-order valence-electron chi connectivity index (χ2n) is 5.97. The quantitative estimate of drug-likeness (QED) is 0.534. The van der Waals surface area contributed by atoms with Crippen molar-refractivity contribution in [3.8, 4) is 0 Å². The number of hydrogen-bond acceptors (Lipinski definition) is 3. The normalized spacial score (nSPS) is 10.7. The summed E-state index contributed by atoms with van der Waals surface area (Å²) in [6, 6.07) is 24.8. The number of pyridine rings is 1. The Morgan fingerprint density at radius 3 is 2.26 bits per heavy atom. The van der Waals surface area contributed by atoms with Crippen molar-refractivity contribution >= 4 is 34.3 Å². The second kappa shape index (κ2) is 7.51. The molecule has 0 saturated heterocycles. The van der Waals surface area contributed by atoms with Gasteiger partial charge in [-0.2, -0.15) is 0 Å². The van der Waals surface area contributed by atoms with Gasteiger partial charge in [-0.1, -0.05) is 42.1 Å². The van der Waals surface area contributed by atoms with Gasteiger partial charge in [-0.15, -0.1) is 0 Å². The second-order valence-corrected chi connectivity index (χ2v) is 7.12. The fourth-order valence-electron chi connectivity index (χ4n) is 2.77. The molecule has 3 aromatic carbocycles. The standard InChI is InChI=1S/C22H16N2O2S/c25-21-18-8-4-5-9-20(18)23-14-19(21)22(26)24-15-10-12-17(13-11-15)27-16-6-2-1-3-7-16/h1-14H,(H,23,25)(H,24,26). The van der Waals surface area contributed by atoms with Gasteiger partial charge in [0, 0.05) is 32.6 Å². The molecular weight excluding hydrogens is 356 g/mol. The first-order valence-corrected chi connectivity index (χ1v) is 9.27. The summed E-state index contributed by atoms with van der Waals surface area (Å²) in [5, 5.41) is 3.29. The van der Waals surface area contributed by atoms with Crippen LogP contribution in [0.15, 0.2) is 99.6 Å². The predicted octanol–water partition coefficient (Wildman–Crippen LogP) is 4.93. The van der Waals surface area contributed by atoms with E-state index in [0.717, 1.165) is 9.79 Å². The number of anilines is 1. The minimum atomic E-state index is -0.425. The molecule has 0 fully saturated rings. The summed E-state index contributed by atoms with van der Waals surface area (Å²) in [4.78, 5) is 30.3. The van der Waals surface area contributed by atoms with E-state index in [1.807, 2.05) is 66.7 Å². The lowest BCUT2D eigenvalue weighted by atomic mass is 10.1. The molecule has 0 atom stereocenters. The largest absolute Gasteiger partial charge is 0.360 e. The van der Waals surface area contributed by atoms with E-state index in [-0.39, 0.29) is 11.0 Å². The van der Waals surface area contributed by atoms with Crippen LogP contribution in [0.1, 0.15) is 10.4 Å². The van der Waals surface area contributed by atoms with Crippen molar-refractivity contribution in [3.63, 3.8) is 0 Å². The summed E-state index contributed by atoms with van der Waals surface area (Å²) < 4.78 is 0. The number of nitrogens with one attached hydrogen (secondary N) is 2. The molecule has 0 saturated carbocycles. The average molecular weight is 372 g/mol. The third-order valence-corrected chi connectivity index (χ3v) is 5.14. The molecule has 132 valence electrons. The maximum atomic E-state index is 12.5. The van der Waals surface area contributed by atoms with Crippen LogP contribution in [0.3, 0.4) is 0 Å². The monoisotopic (exact) mass is 372 g/mol. The number of amides is 1. The molecule has 2 N–H and O–H groups in total. The molecule has 1 heterocycles. The Balaban J connectivity index is 1.51. The van der Waals surface area contributed by atoms with Gasteiger partial charge < -0.3 is 10.3 Å². The Labute approximate surface area is 160 Å². The molecule has 5 heteroatoms. The first-order valence-electron chi connectivity index (χ1n) is 8.45. The van der Waals surface area contributed by atoms with Crippen molar-refractivity contribution < 1.29 is 4.79 Å². The molecule has 0 aliphatic rings. The Bertz CT molecular complexity index is 1150. The van der Waals surface area contributed by atoms with Gasteiger partial charge in [0.15, 0.2) is 0 Å². The highest BCUT2D eigenvalue weighted by molar-refractivity contribution is 7.99. The van der Waals surface area contributed by atoms with Crippen LogP contribution >= 0.6 is 11.8 Å². The number of hydrogen-bond donors (Lipinski definition) is 2. The lowest BCUT2D eigenvalue weighted by Gasteiger charge is -2.07. The lowest BCUT2D eigenvalue weighted by Crippen LogP contribution is -2.21. The van der Waals surface area contributed by atoms with E-state index in [9.17, 15) is 9.59 Å². The number of aromatic amines is 1. The zero-order chi connectivity index (χ0) is 18.6. The minimum Gasteiger partial charge on any atom is -0.360 e. The van der Waals surface area contributed by atoms with Crippen LogP contribution in [0, 0.1) is 0 Å². The Kier molecular flexibility index (Phi) is 4.77. The summed E-state index contributed by atoms with van der Waals surface area (Å²) in [7, 11) is 0. The third kappa shape index (κ3) is 3.78. The lowest BCUT2D eigenvalue weighted by molar-refractivity contribution is 0.102. The van der Waals surface area contributed by atoms with E-state index in [2.05, 4.69) is 10.3 Å². The van der Waals surface area contributed by atoms with E-state index < -0.39 is 5.91 Å². The molecule has 27 heavy (non-hydrogen) atoms. The minimum absolute atomic E-state index is 0.0939. The SMILES string of the molecule is O=C(Nc1ccc(Sc2ccccc2)cc1)c1c[nH]c2ccccc2c1=O. The maximum absolute atomic E-state index is 12.5. The Morgan fingerprint density at radius 2 is 1.48 bits per heavy atom. The first kappa shape index (κ1) is 17.1. The number of H-pyrrole nitrogens is 1. The average Bonchev–Trinajstić information content (AvgIpc) is 2.71. The van der Waals surface area contributed by atoms with Gasteiger partial charge in [-0.3, -0.25) is 9.59 Å². The fraction of sp³-hybridized carbons (Fsp3) is 0. The zero-order valence-electron chi connectivity index (χ0n) is 14.3. The van der Waals surface area contributed by atoms with E-state index in [1.54, 1.807) is 23.9 Å². The molecule has 1 aromatic heterocycles. The van der Waals surface area contributed by atoms with Crippen LogP contribution in [0.25, 0.3) is 10.9 Å². The van der Waals surface area contributed by atoms with Gasteiger partial charge in [0.2, 0.25) is 5.43 Å². The molecule has 4 nitrogen and oxygen atoms in total. The van der Waals surface area contributed by atoms with Crippen molar-refractivity contribution in [3.05, 3.63) is 101 Å². The smallest absolute Gasteiger partial charge is 0.261 e. The molecule has 0 spiro atoms. The molecule has 0 aliphatic heterocycles. The number of benzene rings is 3. The van der Waals surface area contributed by atoms with Gasteiger partial charge in [-0.05, 0) is 48.5 Å². The van der Waals surface area contributed by atoms with Crippen LogP contribution in [0.5, 0.6) is 0 Å². The highest BCUT2D eigenvalue weighted by Gasteiger charge is 2.13. The summed E-state index contributed by atoms with van der Waals surface area (Å²) in [6.45, 7) is 0. The molecule has 1 amide bonds. The highest BCUT2D eigenvalue weighted by Crippen LogP contribution is 2.28. The van der Waals surface area contributed by atoms with Crippen LogP contribution in [0.2, 0.25) is 0 Å². The topological polar surface area (TPSA) is 62.0 Å². The van der Waals surface area contributed by atoms with Gasteiger partial charge in [0.05, 0.1) is 0 Å². The molecule has 0 unspecified atom stereocenters. The highest BCUT2D eigenvalue weighted by atomic mass is 32.2. The Hall–Kier alpha value is -3.31. The summed E-state index contributed by atoms with van der Waals surface area (Å²) in [6.07, 6.45) is 1.46. The summed E-state index contributed by atoms with van der Waals surface area (Å²) in [5.74, 6) is -0.425. The van der Waals surface area contributed by atoms with Crippen molar-refractivity contribution in [2.24, 2.45) is 0 Å². The van der Waals surface area contributed by atoms with Crippen LogP contribution in [-0.4, -0.2) is 10.9 Å². The van der Waals surface area contributed by atoms with E-state index in [0.29, 0.717) is 16.6 Å². The van der Waals surface area contributed by atoms with Gasteiger partial charge in [-0.25, -0.2) is 0 Å². The van der Waals surface area contributed by atoms with Crippen molar-refractivity contribution in [2.75, 3.05) is 5.32 Å². The predicted molar refractivity (Wildman–Crippen MR) is 110 cm³/mol. The summed E-state index contributed by atoms with van der Waals surface area (Å²) >= 11 is 1.65. The summed E-state index contributed by atoms with van der Waals surface area (Å²) in [5.41, 5.74) is 1.17. The van der Waals surface area contributed by atoms with Crippen molar-refractivity contribution in [2.45, 2.75) is 9.79 Å². The third-order valence-electron chi connectivity index (χ3n) is 4.12. The molecule has 0 aliphatic carbocycles. The van der Waals surface area contributed by atoms with Crippen LogP contribution < -0.4 is 10.7 Å². The number of rotatable bonds is 4. The van der Waals surface area contributed by atoms with E-state index in [4.69, 9.17) is 0 Å². The molecule has 0 bridgehead atoms. The number of carbonyl (C=O) groups excluding carboxylic acids is 1. The first-order chi connectivity index (χ1) is 13.2. The number of carbonyl (C=O) groups is 1. The van der Waals surface area contributed by atoms with E-state index >= 15 is 0 Å². The number of para-hydroxylation sites is 1. The van der Waals surface area contributed by atoms with Crippen molar-refractivity contribution in [1.29, 1.82) is 0 Å². The van der Waals surface area contributed by atoms with E-state index in [1.165, 1.54) is 6.20 Å². The number of fused-ring (bicyclic) bond motifs is 1. The molecule has 0 radical (unpaired) electrons. The molecular formula is C22H16N2O2S. The van der Waals surface area contributed by atoms with Gasteiger partial charge in [0.25, 0.3) is 5.91 Å². The number of aromatic nitrogens is 1. The van der Waals surface area contributed by atoms with Crippen molar-refractivity contribution in [1.82, 2.24) is 4.98 Å². The zero-order valence-corrected chi connectivity index (χ0v) is 15.1. The molecule has 4 rings (SSSR count). The maximum Gasteiger partial charge on any atom is 0.261 e. The van der Waals surface area contributed by atoms with Crippen LogP contribution in [0.4, 0.5) is 5.69 Å². The van der Waals surface area contributed by atoms with Gasteiger partial charge in [0.1, 0.15) is 5.56 Å².